The highest BCUT2D eigenvalue weighted by molar-refractivity contribution is 5.78. The molecule has 1 fully saturated rings. The zero-order chi connectivity index (χ0) is 30.8. The number of carbonyl (C=O) groups excluding carboxylic acids is 1. The lowest BCUT2D eigenvalue weighted by Gasteiger charge is -2.42. The Morgan fingerprint density at radius 3 is 2.21 bits per heavy atom. The van der Waals surface area contributed by atoms with Crippen molar-refractivity contribution < 1.29 is 4.79 Å². The van der Waals surface area contributed by atoms with Crippen LogP contribution in [0.15, 0.2) is 47.3 Å². The first-order chi connectivity index (χ1) is 20.8. The van der Waals surface area contributed by atoms with Gasteiger partial charge >= 0.3 is 0 Å². The van der Waals surface area contributed by atoms with E-state index in [4.69, 9.17) is 4.98 Å². The van der Waals surface area contributed by atoms with Gasteiger partial charge in [-0.05, 0) is 57.9 Å². The summed E-state index contributed by atoms with van der Waals surface area (Å²) < 4.78 is 1.82. The fourth-order valence-electron chi connectivity index (χ4n) is 6.67. The van der Waals surface area contributed by atoms with Crippen LogP contribution in [-0.4, -0.2) is 50.9 Å². The van der Waals surface area contributed by atoms with Crippen LogP contribution in [0.1, 0.15) is 121 Å². The van der Waals surface area contributed by atoms with E-state index in [0.717, 1.165) is 48.5 Å². The number of hydrogen-bond donors (Lipinski definition) is 0. The van der Waals surface area contributed by atoms with Crippen LogP contribution in [0.2, 0.25) is 0 Å². The third-order valence-electron chi connectivity index (χ3n) is 9.29. The second-order valence-corrected chi connectivity index (χ2v) is 12.8. The number of unbranched alkanes of at least 4 members (excludes halogenated alkanes) is 10. The monoisotopic (exact) mass is 586 g/mol. The summed E-state index contributed by atoms with van der Waals surface area (Å²) in [6.45, 7) is 12.9. The minimum atomic E-state index is -0.0793. The third kappa shape index (κ3) is 8.56. The van der Waals surface area contributed by atoms with Gasteiger partial charge in [-0.2, -0.15) is 0 Å². The number of aromatic nitrogens is 2. The molecule has 1 saturated heterocycles. The van der Waals surface area contributed by atoms with E-state index in [1.54, 1.807) is 0 Å². The molecule has 2 aromatic carbocycles. The van der Waals surface area contributed by atoms with E-state index in [2.05, 4.69) is 56.6 Å². The molecule has 0 bridgehead atoms. The van der Waals surface area contributed by atoms with Gasteiger partial charge in [0.1, 0.15) is 5.82 Å². The molecule has 2 heterocycles. The van der Waals surface area contributed by atoms with Crippen molar-refractivity contribution >= 4 is 16.8 Å². The summed E-state index contributed by atoms with van der Waals surface area (Å²) >= 11 is 0. The van der Waals surface area contributed by atoms with Crippen molar-refractivity contribution in [2.45, 2.75) is 124 Å². The van der Waals surface area contributed by atoms with Crippen molar-refractivity contribution in [3.05, 3.63) is 69.8 Å². The molecule has 6 nitrogen and oxygen atoms in total. The zero-order valence-corrected chi connectivity index (χ0v) is 27.4. The predicted molar refractivity (Wildman–Crippen MR) is 179 cm³/mol. The average Bonchev–Trinajstić information content (AvgIpc) is 3.00. The van der Waals surface area contributed by atoms with Crippen molar-refractivity contribution in [2.24, 2.45) is 0 Å². The Kier molecular flexibility index (Phi) is 12.4. The highest BCUT2D eigenvalue weighted by atomic mass is 16.2. The number of para-hydroxylation sites is 1. The smallest absolute Gasteiger partial charge is 0.266 e. The molecule has 6 heteroatoms. The van der Waals surface area contributed by atoms with Crippen LogP contribution in [0.5, 0.6) is 0 Å². The topological polar surface area (TPSA) is 58.4 Å². The summed E-state index contributed by atoms with van der Waals surface area (Å²) in [7, 11) is 0. The second kappa shape index (κ2) is 16.2. The Morgan fingerprint density at radius 2 is 1.56 bits per heavy atom. The van der Waals surface area contributed by atoms with E-state index in [9.17, 15) is 9.59 Å². The molecule has 0 radical (unpaired) electrons. The van der Waals surface area contributed by atoms with E-state index < -0.39 is 0 Å². The fraction of sp³-hybridized carbons (Fsp3) is 0.595. The molecule has 3 aromatic rings. The number of benzene rings is 2. The number of hydrogen-bond acceptors (Lipinski definition) is 4. The Balaban J connectivity index is 1.34. The summed E-state index contributed by atoms with van der Waals surface area (Å²) in [4.78, 5) is 36.6. The SMILES string of the molecule is CCCCCCCCCCCCCC(=O)N1CCN(C(C)c2nc3ccccc3c(=O)n2-c2ccc(C)cc2C)CC1C. The van der Waals surface area contributed by atoms with Crippen LogP contribution in [0.3, 0.4) is 0 Å². The summed E-state index contributed by atoms with van der Waals surface area (Å²) in [5.74, 6) is 1.04. The van der Waals surface area contributed by atoms with Crippen LogP contribution in [-0.2, 0) is 4.79 Å². The summed E-state index contributed by atoms with van der Waals surface area (Å²) in [5.41, 5.74) is 3.79. The van der Waals surface area contributed by atoms with Crippen LogP contribution >= 0.6 is 0 Å². The average molecular weight is 587 g/mol. The van der Waals surface area contributed by atoms with Gasteiger partial charge in [0.2, 0.25) is 5.91 Å². The van der Waals surface area contributed by atoms with Gasteiger partial charge in [-0.25, -0.2) is 4.98 Å². The molecule has 1 aliphatic rings. The summed E-state index contributed by atoms with van der Waals surface area (Å²) in [5, 5.41) is 0.629. The van der Waals surface area contributed by atoms with Gasteiger partial charge in [0, 0.05) is 32.1 Å². The molecular weight excluding hydrogens is 532 g/mol. The van der Waals surface area contributed by atoms with Crippen molar-refractivity contribution in [2.75, 3.05) is 19.6 Å². The Bertz CT molecular complexity index is 1400. The second-order valence-electron chi connectivity index (χ2n) is 12.8. The standard InChI is InChI=1S/C37H54N4O2/c1-6-7-8-9-10-11-12-13-14-15-16-21-35(42)40-25-24-39(27-30(40)4)31(5)36-38-33-20-18-17-19-32(33)37(43)41(36)34-23-22-28(2)26-29(34)3/h17-20,22-23,26,30-31H,6-16,21,24-25,27H2,1-5H3. The van der Waals surface area contributed by atoms with Crippen LogP contribution in [0.25, 0.3) is 16.6 Å². The lowest BCUT2D eigenvalue weighted by molar-refractivity contribution is -0.136. The molecule has 2 atom stereocenters. The first-order valence-electron chi connectivity index (χ1n) is 16.9. The molecule has 0 spiro atoms. The predicted octanol–water partition coefficient (Wildman–Crippen LogP) is 8.30. The molecule has 0 saturated carbocycles. The number of carbonyl (C=O) groups is 1. The normalized spacial score (nSPS) is 16.6. The van der Waals surface area contributed by atoms with Gasteiger partial charge < -0.3 is 4.90 Å². The van der Waals surface area contributed by atoms with Crippen LogP contribution in [0, 0.1) is 13.8 Å². The van der Waals surface area contributed by atoms with E-state index >= 15 is 0 Å². The molecular formula is C37H54N4O2. The first kappa shape index (κ1) is 32.9. The van der Waals surface area contributed by atoms with E-state index in [-0.39, 0.29) is 23.6 Å². The number of piperazine rings is 1. The molecule has 234 valence electrons. The number of amides is 1. The van der Waals surface area contributed by atoms with Crippen molar-refractivity contribution in [1.82, 2.24) is 19.4 Å². The minimum absolute atomic E-state index is 0.0340. The van der Waals surface area contributed by atoms with E-state index in [0.29, 0.717) is 18.4 Å². The zero-order valence-electron chi connectivity index (χ0n) is 27.4. The molecule has 4 rings (SSSR count). The van der Waals surface area contributed by atoms with Gasteiger partial charge in [-0.3, -0.25) is 19.1 Å². The molecule has 43 heavy (non-hydrogen) atoms. The van der Waals surface area contributed by atoms with E-state index in [1.807, 2.05) is 34.9 Å². The molecule has 1 aliphatic heterocycles. The number of fused-ring (bicyclic) bond motifs is 1. The molecule has 1 aromatic heterocycles. The highest BCUT2D eigenvalue weighted by Crippen LogP contribution is 2.27. The van der Waals surface area contributed by atoms with Gasteiger partial charge in [0.05, 0.1) is 22.6 Å². The lowest BCUT2D eigenvalue weighted by atomic mass is 10.0. The molecule has 0 aliphatic carbocycles. The Hall–Kier alpha value is -2.99. The number of nitrogens with zero attached hydrogens (tertiary/aromatic N) is 4. The lowest BCUT2D eigenvalue weighted by Crippen LogP contribution is -2.54. The van der Waals surface area contributed by atoms with Gasteiger partial charge in [-0.1, -0.05) is 101 Å². The number of aryl methyl sites for hydroxylation is 2. The van der Waals surface area contributed by atoms with Crippen LogP contribution < -0.4 is 5.56 Å². The Labute approximate surface area is 259 Å². The van der Waals surface area contributed by atoms with E-state index in [1.165, 1.54) is 63.4 Å². The molecule has 2 unspecified atom stereocenters. The largest absolute Gasteiger partial charge is 0.337 e. The van der Waals surface area contributed by atoms with Gasteiger partial charge in [0.15, 0.2) is 0 Å². The maximum atomic E-state index is 13.9. The first-order valence-corrected chi connectivity index (χ1v) is 16.9. The fourth-order valence-corrected chi connectivity index (χ4v) is 6.67. The van der Waals surface area contributed by atoms with Crippen LogP contribution in [0.4, 0.5) is 0 Å². The highest BCUT2D eigenvalue weighted by Gasteiger charge is 2.32. The van der Waals surface area contributed by atoms with Gasteiger partial charge in [-0.15, -0.1) is 0 Å². The molecule has 0 N–H and O–H groups in total. The third-order valence-corrected chi connectivity index (χ3v) is 9.29. The summed E-state index contributed by atoms with van der Waals surface area (Å²) in [6.07, 6.45) is 14.9. The van der Waals surface area contributed by atoms with Crippen molar-refractivity contribution in [3.8, 4) is 5.69 Å². The van der Waals surface area contributed by atoms with Crippen molar-refractivity contribution in [1.29, 1.82) is 0 Å². The van der Waals surface area contributed by atoms with Gasteiger partial charge in [0.25, 0.3) is 5.56 Å². The quantitative estimate of drug-likeness (QED) is 0.168. The maximum absolute atomic E-state index is 13.9. The number of rotatable bonds is 15. The molecule has 1 amide bonds. The summed E-state index contributed by atoms with van der Waals surface area (Å²) in [6, 6.07) is 13.9. The Morgan fingerprint density at radius 1 is 0.907 bits per heavy atom. The van der Waals surface area contributed by atoms with Crippen molar-refractivity contribution in [3.63, 3.8) is 0 Å². The minimum Gasteiger partial charge on any atom is -0.337 e. The maximum Gasteiger partial charge on any atom is 0.266 e.